The van der Waals surface area contributed by atoms with Crippen molar-refractivity contribution in [2.75, 3.05) is 0 Å². The molecule has 0 fully saturated rings. The first-order valence-corrected chi connectivity index (χ1v) is 5.88. The molecular weight excluding hydrogens is 285 g/mol. The Bertz CT molecular complexity index is 430. The molecule has 2 heteroatoms. The van der Waals surface area contributed by atoms with Gasteiger partial charge in [0.2, 0.25) is 0 Å². The Morgan fingerprint density at radius 2 is 1.86 bits per heavy atom. The average molecular weight is 299 g/mol. The van der Waals surface area contributed by atoms with E-state index in [0.717, 1.165) is 0 Å². The molecule has 1 aliphatic heterocycles. The normalized spacial score (nSPS) is 17.9. The maximum absolute atomic E-state index is 4.68. The van der Waals surface area contributed by atoms with E-state index >= 15 is 0 Å². The molecule has 0 unspecified atom stereocenters. The molecule has 1 nitrogen and oxygen atoms in total. The summed E-state index contributed by atoms with van der Waals surface area (Å²) in [6, 6.07) is 4.34. The lowest BCUT2D eigenvalue weighted by Crippen LogP contribution is -2.23. The molecule has 0 amide bonds. The van der Waals surface area contributed by atoms with Crippen LogP contribution in [0, 0.1) is 10.5 Å². The van der Waals surface area contributed by atoms with Crippen LogP contribution in [-0.2, 0) is 5.41 Å². The van der Waals surface area contributed by atoms with Crippen LogP contribution < -0.4 is 0 Å². The number of rotatable bonds is 0. The van der Waals surface area contributed by atoms with Crippen molar-refractivity contribution in [1.29, 1.82) is 0 Å². The largest absolute Gasteiger partial charge is 0.257 e. The van der Waals surface area contributed by atoms with E-state index in [1.165, 1.54) is 26.1 Å². The zero-order chi connectivity index (χ0) is 10.5. The van der Waals surface area contributed by atoms with Crippen LogP contribution in [0.1, 0.15) is 31.9 Å². The Balaban J connectivity index is 2.78. The Labute approximate surface area is 98.8 Å². The molecule has 0 saturated carbocycles. The fourth-order valence-corrected chi connectivity index (χ4v) is 3.01. The fraction of sp³-hybridized carbons (Fsp3) is 0.417. The van der Waals surface area contributed by atoms with Crippen molar-refractivity contribution in [3.63, 3.8) is 0 Å². The number of benzene rings is 1. The van der Waals surface area contributed by atoms with Crippen LogP contribution in [0.5, 0.6) is 0 Å². The minimum atomic E-state index is 0.109. The number of hydrogen-bond acceptors (Lipinski definition) is 1. The van der Waals surface area contributed by atoms with E-state index in [1.54, 1.807) is 0 Å². The lowest BCUT2D eigenvalue weighted by Gasteiger charge is -2.21. The molecule has 1 heterocycles. The third-order valence-corrected chi connectivity index (χ3v) is 4.04. The zero-order valence-electron chi connectivity index (χ0n) is 8.98. The van der Waals surface area contributed by atoms with Crippen molar-refractivity contribution >= 4 is 34.0 Å². The maximum Gasteiger partial charge on any atom is 0.0710 e. The second-order valence-electron chi connectivity index (χ2n) is 4.41. The number of aryl methyl sites for hydroxylation is 1. The molecule has 74 valence electrons. The highest BCUT2D eigenvalue weighted by molar-refractivity contribution is 14.1. The third kappa shape index (κ3) is 1.23. The number of aliphatic imine (C=N–C) groups is 1. The van der Waals surface area contributed by atoms with Crippen molar-refractivity contribution in [3.8, 4) is 0 Å². The predicted molar refractivity (Wildman–Crippen MR) is 69.7 cm³/mol. The van der Waals surface area contributed by atoms with Gasteiger partial charge in [0.15, 0.2) is 0 Å². The predicted octanol–water partition coefficient (Wildman–Crippen LogP) is 3.98. The second kappa shape index (κ2) is 3.05. The minimum absolute atomic E-state index is 0.109. The van der Waals surface area contributed by atoms with Crippen molar-refractivity contribution in [2.45, 2.75) is 33.1 Å². The van der Waals surface area contributed by atoms with Gasteiger partial charge in [-0.15, -0.1) is 0 Å². The molecule has 0 aromatic heterocycles. The first-order valence-electron chi connectivity index (χ1n) is 4.80. The number of nitrogens with zero attached hydrogens (tertiary/aromatic N) is 1. The summed E-state index contributed by atoms with van der Waals surface area (Å²) in [6.45, 7) is 8.75. The molecule has 14 heavy (non-hydrogen) atoms. The number of hydrogen-bond donors (Lipinski definition) is 0. The summed E-state index contributed by atoms with van der Waals surface area (Å²) in [5.74, 6) is 0. The molecule has 0 atom stereocenters. The summed E-state index contributed by atoms with van der Waals surface area (Å²) in [5, 5.41) is 0. The Hall–Kier alpha value is -0.380. The summed E-state index contributed by atoms with van der Waals surface area (Å²) in [5.41, 5.74) is 5.21. The SMILES string of the molecule is CC1=Nc2c(C)ccc(I)c2C1(C)C. The molecule has 0 radical (unpaired) electrons. The first-order chi connectivity index (χ1) is 6.44. The molecule has 1 aromatic rings. The molecule has 0 bridgehead atoms. The van der Waals surface area contributed by atoms with Crippen molar-refractivity contribution in [3.05, 3.63) is 26.8 Å². The summed E-state index contributed by atoms with van der Waals surface area (Å²) in [4.78, 5) is 4.68. The van der Waals surface area contributed by atoms with Crippen LogP contribution >= 0.6 is 22.6 Å². The van der Waals surface area contributed by atoms with E-state index in [2.05, 4.69) is 67.4 Å². The molecule has 0 saturated heterocycles. The van der Waals surface area contributed by atoms with E-state index in [1.807, 2.05) is 0 Å². The molecular formula is C12H14IN. The first kappa shape index (κ1) is 10.1. The monoisotopic (exact) mass is 299 g/mol. The van der Waals surface area contributed by atoms with Gasteiger partial charge in [0.05, 0.1) is 5.69 Å². The maximum atomic E-state index is 4.68. The highest BCUT2D eigenvalue weighted by atomic mass is 127. The standard InChI is InChI=1S/C12H14IN/c1-7-5-6-9(13)10-11(7)14-8(2)12(10,3)4/h5-6H,1-4H3. The Kier molecular flexibility index (Phi) is 2.21. The van der Waals surface area contributed by atoms with Gasteiger partial charge in [-0.2, -0.15) is 0 Å². The highest BCUT2D eigenvalue weighted by Crippen LogP contribution is 2.44. The van der Waals surface area contributed by atoms with E-state index in [0.29, 0.717) is 0 Å². The van der Waals surface area contributed by atoms with Crippen molar-refractivity contribution < 1.29 is 0 Å². The van der Waals surface area contributed by atoms with E-state index < -0.39 is 0 Å². The van der Waals surface area contributed by atoms with Crippen LogP contribution in [0.2, 0.25) is 0 Å². The van der Waals surface area contributed by atoms with Gasteiger partial charge in [0, 0.05) is 20.3 Å². The summed E-state index contributed by atoms with van der Waals surface area (Å²) in [6.07, 6.45) is 0. The second-order valence-corrected chi connectivity index (χ2v) is 5.57. The van der Waals surface area contributed by atoms with E-state index in [4.69, 9.17) is 0 Å². The quantitative estimate of drug-likeness (QED) is 0.642. The van der Waals surface area contributed by atoms with Gasteiger partial charge in [-0.05, 0) is 48.1 Å². The van der Waals surface area contributed by atoms with Crippen LogP contribution in [0.15, 0.2) is 17.1 Å². The van der Waals surface area contributed by atoms with Crippen molar-refractivity contribution in [1.82, 2.24) is 0 Å². The fourth-order valence-electron chi connectivity index (χ4n) is 1.90. The molecule has 1 aromatic carbocycles. The van der Waals surface area contributed by atoms with Gasteiger partial charge < -0.3 is 0 Å². The van der Waals surface area contributed by atoms with Crippen LogP contribution in [0.4, 0.5) is 5.69 Å². The van der Waals surface area contributed by atoms with E-state index in [9.17, 15) is 0 Å². The van der Waals surface area contributed by atoms with Gasteiger partial charge in [0.25, 0.3) is 0 Å². The highest BCUT2D eigenvalue weighted by Gasteiger charge is 2.34. The topological polar surface area (TPSA) is 12.4 Å². The van der Waals surface area contributed by atoms with Gasteiger partial charge in [-0.25, -0.2) is 0 Å². The third-order valence-electron chi connectivity index (χ3n) is 3.14. The van der Waals surface area contributed by atoms with Crippen LogP contribution in [0.3, 0.4) is 0 Å². The van der Waals surface area contributed by atoms with Gasteiger partial charge in [0.1, 0.15) is 0 Å². The minimum Gasteiger partial charge on any atom is -0.257 e. The Morgan fingerprint density at radius 1 is 1.21 bits per heavy atom. The van der Waals surface area contributed by atoms with Gasteiger partial charge in [-0.3, -0.25) is 4.99 Å². The van der Waals surface area contributed by atoms with Crippen LogP contribution in [-0.4, -0.2) is 5.71 Å². The molecule has 0 N–H and O–H groups in total. The number of fused-ring (bicyclic) bond motifs is 1. The molecule has 2 rings (SSSR count). The average Bonchev–Trinajstić information content (AvgIpc) is 2.33. The molecule has 1 aliphatic rings. The van der Waals surface area contributed by atoms with Crippen LogP contribution in [0.25, 0.3) is 0 Å². The lowest BCUT2D eigenvalue weighted by molar-refractivity contribution is 0.728. The lowest BCUT2D eigenvalue weighted by atomic mass is 9.82. The number of halogens is 1. The summed E-state index contributed by atoms with van der Waals surface area (Å²) in [7, 11) is 0. The van der Waals surface area contributed by atoms with Gasteiger partial charge >= 0.3 is 0 Å². The smallest absolute Gasteiger partial charge is 0.0710 e. The van der Waals surface area contributed by atoms with Gasteiger partial charge in [-0.1, -0.05) is 19.9 Å². The zero-order valence-corrected chi connectivity index (χ0v) is 11.1. The summed E-state index contributed by atoms with van der Waals surface area (Å²) >= 11 is 2.40. The molecule has 0 aliphatic carbocycles. The summed E-state index contributed by atoms with van der Waals surface area (Å²) < 4.78 is 1.33. The molecule has 0 spiro atoms. The van der Waals surface area contributed by atoms with Crippen molar-refractivity contribution in [2.24, 2.45) is 4.99 Å². The Morgan fingerprint density at radius 3 is 2.43 bits per heavy atom. The van der Waals surface area contributed by atoms with E-state index in [-0.39, 0.29) is 5.41 Å².